The van der Waals surface area contributed by atoms with Gasteiger partial charge >= 0.3 is 8.80 Å². The fourth-order valence-corrected chi connectivity index (χ4v) is 5.93. The Bertz CT molecular complexity index is 391. The van der Waals surface area contributed by atoms with E-state index in [1.54, 1.807) is 11.3 Å². The van der Waals surface area contributed by atoms with E-state index in [2.05, 4.69) is 34.4 Å². The molecule has 0 saturated carbocycles. The van der Waals surface area contributed by atoms with Crippen LogP contribution in [0.5, 0.6) is 0 Å². The molecule has 1 aromatic rings. The number of hydrogen-bond donors (Lipinski definition) is 0. The van der Waals surface area contributed by atoms with Crippen molar-refractivity contribution < 1.29 is 13.3 Å². The van der Waals surface area contributed by atoms with Gasteiger partial charge in [-0.25, -0.2) is 0 Å². The summed E-state index contributed by atoms with van der Waals surface area (Å²) in [6.45, 7) is 6.08. The van der Waals surface area contributed by atoms with Gasteiger partial charge in [-0.3, -0.25) is 9.80 Å². The maximum Gasteiger partial charge on any atom is 0.515 e. The van der Waals surface area contributed by atoms with Gasteiger partial charge in [0.15, 0.2) is 0 Å². The van der Waals surface area contributed by atoms with E-state index in [-0.39, 0.29) is 0 Å². The van der Waals surface area contributed by atoms with Gasteiger partial charge in [0.2, 0.25) is 0 Å². The number of rotatable bonds is 4. The molecule has 0 aromatic carbocycles. The van der Waals surface area contributed by atoms with Crippen LogP contribution in [0.2, 0.25) is 0 Å². The van der Waals surface area contributed by atoms with Gasteiger partial charge in [0.1, 0.15) is 0 Å². The standard InChI is InChI=1S/C13H22N2O3SSi/c1-14(11-13-3-2-10-19-13)12-20-16-7-4-15(5-8-17-20)6-9-18-20/h2-3,10H,4-9,11-12H2,1H3. The molecule has 3 fully saturated rings. The SMILES string of the molecule is CN(Cc1cccs1)C[Si]12OCCN(CCO1)CCO2. The van der Waals surface area contributed by atoms with Gasteiger partial charge in [-0.15, -0.1) is 11.3 Å². The van der Waals surface area contributed by atoms with E-state index in [9.17, 15) is 0 Å². The maximum atomic E-state index is 6.05. The summed E-state index contributed by atoms with van der Waals surface area (Å²) in [5, 5.41) is 2.11. The molecule has 0 spiro atoms. The largest absolute Gasteiger partial charge is 0.515 e. The Labute approximate surface area is 125 Å². The predicted molar refractivity (Wildman–Crippen MR) is 80.7 cm³/mol. The van der Waals surface area contributed by atoms with Crippen LogP contribution < -0.4 is 0 Å². The van der Waals surface area contributed by atoms with Gasteiger partial charge in [0.05, 0.1) is 26.0 Å². The molecule has 7 heteroatoms. The van der Waals surface area contributed by atoms with Gasteiger partial charge in [0.25, 0.3) is 0 Å². The summed E-state index contributed by atoms with van der Waals surface area (Å²) in [5.74, 6) is 0. The third kappa shape index (κ3) is 3.67. The van der Waals surface area contributed by atoms with Crippen molar-refractivity contribution in [3.63, 3.8) is 0 Å². The summed E-state index contributed by atoms with van der Waals surface area (Å²) in [7, 11) is -0.407. The van der Waals surface area contributed by atoms with E-state index in [4.69, 9.17) is 13.3 Å². The predicted octanol–water partition coefficient (Wildman–Crippen LogP) is 1.04. The van der Waals surface area contributed by atoms with Crippen molar-refractivity contribution in [2.45, 2.75) is 6.54 Å². The molecule has 112 valence electrons. The molecule has 0 amide bonds. The molecular weight excluding hydrogens is 292 g/mol. The molecule has 0 aliphatic carbocycles. The van der Waals surface area contributed by atoms with Crippen molar-refractivity contribution in [1.29, 1.82) is 0 Å². The smallest absolute Gasteiger partial charge is 0.371 e. The van der Waals surface area contributed by atoms with E-state index in [1.807, 2.05) is 0 Å². The molecule has 3 aliphatic rings. The molecule has 4 heterocycles. The van der Waals surface area contributed by atoms with Gasteiger partial charge in [-0.05, 0) is 18.5 Å². The average Bonchev–Trinajstić information content (AvgIpc) is 2.83. The molecule has 4 rings (SSSR count). The summed E-state index contributed by atoms with van der Waals surface area (Å²) in [6, 6.07) is 4.25. The summed E-state index contributed by atoms with van der Waals surface area (Å²) in [5.41, 5.74) is 0. The lowest BCUT2D eigenvalue weighted by molar-refractivity contribution is -0.0147. The minimum absolute atomic E-state index is 0.721. The summed E-state index contributed by atoms with van der Waals surface area (Å²) >= 11 is 1.79. The second-order valence-electron chi connectivity index (χ2n) is 5.32. The van der Waals surface area contributed by atoms with E-state index in [1.165, 1.54) is 4.88 Å². The first-order valence-electron chi connectivity index (χ1n) is 7.11. The van der Waals surface area contributed by atoms with Crippen molar-refractivity contribution in [2.24, 2.45) is 0 Å². The average molecular weight is 314 g/mol. The molecule has 0 radical (unpaired) electrons. The first kappa shape index (κ1) is 14.6. The van der Waals surface area contributed by atoms with E-state index in [0.717, 1.165) is 52.2 Å². The molecule has 0 unspecified atom stereocenters. The number of hydrogen-bond acceptors (Lipinski definition) is 6. The Balaban J connectivity index is 1.63. The highest BCUT2D eigenvalue weighted by Crippen LogP contribution is 2.19. The quantitative estimate of drug-likeness (QED) is 0.776. The number of fused-ring (bicyclic) bond motifs is 6. The lowest BCUT2D eigenvalue weighted by Gasteiger charge is -2.39. The van der Waals surface area contributed by atoms with Gasteiger partial charge in [-0.2, -0.15) is 0 Å². The summed E-state index contributed by atoms with van der Waals surface area (Å²) < 4.78 is 18.1. The normalized spacial score (nSPS) is 31.0. The monoisotopic (exact) mass is 314 g/mol. The number of thiophene rings is 1. The Morgan fingerprint density at radius 2 is 1.85 bits per heavy atom. The zero-order chi connectivity index (χ0) is 13.8. The second kappa shape index (κ2) is 6.65. The maximum absolute atomic E-state index is 6.05. The molecule has 5 nitrogen and oxygen atoms in total. The first-order chi connectivity index (χ1) is 9.76. The zero-order valence-electron chi connectivity index (χ0n) is 11.9. The minimum atomic E-state index is -2.52. The van der Waals surface area contributed by atoms with Crippen LogP contribution in [0.3, 0.4) is 0 Å². The van der Waals surface area contributed by atoms with Crippen LogP contribution in [-0.2, 0) is 19.8 Å². The molecule has 0 N–H and O–H groups in total. The van der Waals surface area contributed by atoms with Crippen molar-refractivity contribution in [3.8, 4) is 0 Å². The molecule has 0 atom stereocenters. The van der Waals surface area contributed by atoms with Crippen LogP contribution in [0.15, 0.2) is 17.5 Å². The van der Waals surface area contributed by atoms with E-state index in [0.29, 0.717) is 0 Å². The van der Waals surface area contributed by atoms with Crippen LogP contribution in [-0.4, -0.2) is 71.3 Å². The molecule has 3 saturated heterocycles. The Hall–Kier alpha value is -0.283. The van der Waals surface area contributed by atoms with Crippen molar-refractivity contribution in [2.75, 3.05) is 52.7 Å². The third-order valence-corrected chi connectivity index (χ3v) is 7.38. The van der Waals surface area contributed by atoms with Crippen LogP contribution in [0.1, 0.15) is 4.88 Å². The lowest BCUT2D eigenvalue weighted by Crippen LogP contribution is -2.60. The Morgan fingerprint density at radius 1 is 1.20 bits per heavy atom. The zero-order valence-corrected chi connectivity index (χ0v) is 13.7. The fourth-order valence-electron chi connectivity index (χ4n) is 2.64. The van der Waals surface area contributed by atoms with Gasteiger partial charge in [-0.1, -0.05) is 6.07 Å². The molecule has 2 bridgehead atoms. The molecular formula is C13H22N2O3SSi. The van der Waals surface area contributed by atoms with Crippen LogP contribution in [0.4, 0.5) is 0 Å². The van der Waals surface area contributed by atoms with Crippen molar-refractivity contribution >= 4 is 20.1 Å². The van der Waals surface area contributed by atoms with E-state index >= 15 is 0 Å². The first-order valence-corrected chi connectivity index (χ1v) is 9.92. The van der Waals surface area contributed by atoms with Crippen LogP contribution >= 0.6 is 11.3 Å². The number of nitrogens with zero attached hydrogens (tertiary/aromatic N) is 2. The van der Waals surface area contributed by atoms with Crippen molar-refractivity contribution in [1.82, 2.24) is 9.80 Å². The topological polar surface area (TPSA) is 34.2 Å². The highest BCUT2D eigenvalue weighted by Gasteiger charge is 2.45. The fraction of sp³-hybridized carbons (Fsp3) is 0.692. The molecule has 3 aliphatic heterocycles. The summed E-state index contributed by atoms with van der Waals surface area (Å²) in [4.78, 5) is 5.96. The van der Waals surface area contributed by atoms with Gasteiger partial charge < -0.3 is 13.3 Å². The lowest BCUT2D eigenvalue weighted by atomic mass is 10.4. The molecule has 1 aromatic heterocycles. The minimum Gasteiger partial charge on any atom is -0.371 e. The van der Waals surface area contributed by atoms with Crippen LogP contribution in [0.25, 0.3) is 0 Å². The Morgan fingerprint density at radius 3 is 2.40 bits per heavy atom. The Kier molecular flexibility index (Phi) is 4.87. The van der Waals surface area contributed by atoms with E-state index < -0.39 is 8.80 Å². The second-order valence-corrected chi connectivity index (χ2v) is 8.90. The highest BCUT2D eigenvalue weighted by atomic mass is 32.1. The third-order valence-electron chi connectivity index (χ3n) is 3.66. The summed E-state index contributed by atoms with van der Waals surface area (Å²) in [6.07, 6.45) is 0.769. The van der Waals surface area contributed by atoms with Gasteiger partial charge in [0, 0.05) is 31.1 Å². The van der Waals surface area contributed by atoms with Crippen molar-refractivity contribution in [3.05, 3.63) is 22.4 Å². The molecule has 20 heavy (non-hydrogen) atoms. The van der Waals surface area contributed by atoms with Crippen LogP contribution in [0, 0.1) is 0 Å². The highest BCUT2D eigenvalue weighted by molar-refractivity contribution is 7.09.